The molecule has 0 aliphatic heterocycles. The van der Waals surface area contributed by atoms with Crippen LogP contribution in [0.1, 0.15) is 5.56 Å². The van der Waals surface area contributed by atoms with Crippen molar-refractivity contribution in [1.29, 1.82) is 0 Å². The standard InChI is InChI=1S/C10H9ClO4/c1-15-10(14)9(13)5-6-2-3-7(11)8(12)4-6/h2-4,12H,5H2,1H3. The summed E-state index contributed by atoms with van der Waals surface area (Å²) in [6, 6.07) is 4.35. The minimum atomic E-state index is -0.899. The minimum absolute atomic E-state index is 0.114. The molecule has 80 valence electrons. The van der Waals surface area contributed by atoms with Gasteiger partial charge in [-0.3, -0.25) is 4.79 Å². The van der Waals surface area contributed by atoms with Gasteiger partial charge >= 0.3 is 5.97 Å². The van der Waals surface area contributed by atoms with Crippen LogP contribution < -0.4 is 0 Å². The molecule has 0 saturated carbocycles. The molecule has 0 aliphatic carbocycles. The lowest BCUT2D eigenvalue weighted by molar-refractivity contribution is -0.151. The molecule has 0 saturated heterocycles. The average Bonchev–Trinajstić information content (AvgIpc) is 2.22. The molecule has 0 amide bonds. The van der Waals surface area contributed by atoms with Crippen molar-refractivity contribution in [2.75, 3.05) is 7.11 Å². The van der Waals surface area contributed by atoms with Gasteiger partial charge in [0.15, 0.2) is 0 Å². The van der Waals surface area contributed by atoms with Gasteiger partial charge in [-0.05, 0) is 17.7 Å². The first-order valence-electron chi connectivity index (χ1n) is 4.13. The van der Waals surface area contributed by atoms with Crippen molar-refractivity contribution in [2.24, 2.45) is 0 Å². The number of aromatic hydroxyl groups is 1. The van der Waals surface area contributed by atoms with E-state index >= 15 is 0 Å². The summed E-state index contributed by atoms with van der Waals surface area (Å²) >= 11 is 5.58. The summed E-state index contributed by atoms with van der Waals surface area (Å²) in [5.74, 6) is -1.68. The Labute approximate surface area is 91.4 Å². The average molecular weight is 229 g/mol. The predicted molar refractivity (Wildman–Crippen MR) is 53.8 cm³/mol. The number of phenolic OH excluding ortho intramolecular Hbond substituents is 1. The Balaban J connectivity index is 2.77. The van der Waals surface area contributed by atoms with E-state index in [4.69, 9.17) is 11.6 Å². The first-order chi connectivity index (χ1) is 7.04. The summed E-state index contributed by atoms with van der Waals surface area (Å²) in [5, 5.41) is 9.45. The van der Waals surface area contributed by atoms with Gasteiger partial charge in [-0.15, -0.1) is 0 Å². The molecule has 15 heavy (non-hydrogen) atoms. The van der Waals surface area contributed by atoms with Crippen molar-refractivity contribution in [3.8, 4) is 5.75 Å². The molecule has 0 atom stereocenters. The van der Waals surface area contributed by atoms with Crippen LogP contribution in [0.4, 0.5) is 0 Å². The third kappa shape index (κ3) is 2.95. The van der Waals surface area contributed by atoms with Gasteiger partial charge in [0.2, 0.25) is 5.78 Å². The molecule has 4 nitrogen and oxygen atoms in total. The van der Waals surface area contributed by atoms with Crippen LogP contribution in [0.5, 0.6) is 5.75 Å². The molecule has 0 spiro atoms. The Morgan fingerprint density at radius 3 is 2.67 bits per heavy atom. The van der Waals surface area contributed by atoms with Crippen LogP contribution in [0.3, 0.4) is 0 Å². The number of esters is 1. The van der Waals surface area contributed by atoms with Crippen LogP contribution >= 0.6 is 11.6 Å². The lowest BCUT2D eigenvalue weighted by atomic mass is 10.1. The van der Waals surface area contributed by atoms with E-state index in [0.29, 0.717) is 5.56 Å². The Hall–Kier alpha value is -1.55. The normalized spacial score (nSPS) is 9.73. The zero-order valence-corrected chi connectivity index (χ0v) is 8.75. The van der Waals surface area contributed by atoms with Crippen molar-refractivity contribution >= 4 is 23.4 Å². The number of carbonyl (C=O) groups excluding carboxylic acids is 2. The van der Waals surface area contributed by atoms with Gasteiger partial charge in [-0.1, -0.05) is 17.7 Å². The van der Waals surface area contributed by atoms with E-state index in [0.717, 1.165) is 7.11 Å². The van der Waals surface area contributed by atoms with E-state index in [1.165, 1.54) is 12.1 Å². The van der Waals surface area contributed by atoms with Crippen molar-refractivity contribution < 1.29 is 19.4 Å². The number of rotatable bonds is 3. The number of halogens is 1. The fourth-order valence-electron chi connectivity index (χ4n) is 1.04. The lowest BCUT2D eigenvalue weighted by Gasteiger charge is -2.01. The molecular formula is C10H9ClO4. The number of phenols is 1. The van der Waals surface area contributed by atoms with Gasteiger partial charge in [-0.2, -0.15) is 0 Å². The number of methoxy groups -OCH3 is 1. The van der Waals surface area contributed by atoms with Crippen LogP contribution in [0, 0.1) is 0 Å². The molecule has 0 heterocycles. The van der Waals surface area contributed by atoms with E-state index < -0.39 is 11.8 Å². The first kappa shape index (κ1) is 11.5. The molecule has 1 rings (SSSR count). The molecule has 0 bridgehead atoms. The maximum absolute atomic E-state index is 11.2. The molecule has 0 radical (unpaired) electrons. The summed E-state index contributed by atoms with van der Waals surface area (Å²) in [6.45, 7) is 0. The number of hydrogen-bond donors (Lipinski definition) is 1. The molecule has 0 fully saturated rings. The minimum Gasteiger partial charge on any atom is -0.506 e. The third-order valence-corrected chi connectivity index (χ3v) is 2.11. The molecule has 0 aromatic heterocycles. The van der Waals surface area contributed by atoms with Gasteiger partial charge in [0.05, 0.1) is 12.1 Å². The van der Waals surface area contributed by atoms with E-state index in [2.05, 4.69) is 4.74 Å². The van der Waals surface area contributed by atoms with Gasteiger partial charge in [0.1, 0.15) is 5.75 Å². The fourth-order valence-corrected chi connectivity index (χ4v) is 1.16. The van der Waals surface area contributed by atoms with Crippen molar-refractivity contribution in [3.63, 3.8) is 0 Å². The number of Topliss-reactive ketones (excluding diaryl/α,β-unsaturated/α-hetero) is 1. The van der Waals surface area contributed by atoms with Gasteiger partial charge < -0.3 is 9.84 Å². The maximum Gasteiger partial charge on any atom is 0.374 e. The summed E-state index contributed by atoms with van der Waals surface area (Å²) in [7, 11) is 1.14. The molecule has 1 aromatic carbocycles. The van der Waals surface area contributed by atoms with Crippen LogP contribution in [-0.2, 0) is 20.7 Å². The highest BCUT2D eigenvalue weighted by molar-refractivity contribution is 6.34. The second-order valence-corrected chi connectivity index (χ2v) is 3.28. The molecule has 0 unspecified atom stereocenters. The highest BCUT2D eigenvalue weighted by Crippen LogP contribution is 2.23. The number of hydrogen-bond acceptors (Lipinski definition) is 4. The Kier molecular flexibility index (Phi) is 3.68. The van der Waals surface area contributed by atoms with Crippen LogP contribution in [-0.4, -0.2) is 24.0 Å². The predicted octanol–water partition coefficient (Wildman–Crippen LogP) is 1.33. The van der Waals surface area contributed by atoms with E-state index in [1.54, 1.807) is 6.07 Å². The van der Waals surface area contributed by atoms with Crippen LogP contribution in [0.2, 0.25) is 5.02 Å². The lowest BCUT2D eigenvalue weighted by Crippen LogP contribution is -2.17. The second-order valence-electron chi connectivity index (χ2n) is 2.88. The quantitative estimate of drug-likeness (QED) is 0.626. The van der Waals surface area contributed by atoms with Crippen LogP contribution in [0.15, 0.2) is 18.2 Å². The highest BCUT2D eigenvalue weighted by atomic mass is 35.5. The number of carbonyl (C=O) groups is 2. The summed E-state index contributed by atoms with van der Waals surface area (Å²) in [5.41, 5.74) is 0.507. The van der Waals surface area contributed by atoms with Crippen molar-refractivity contribution in [3.05, 3.63) is 28.8 Å². The number of ketones is 1. The third-order valence-electron chi connectivity index (χ3n) is 1.79. The molecule has 5 heteroatoms. The fraction of sp³-hybridized carbons (Fsp3) is 0.200. The largest absolute Gasteiger partial charge is 0.506 e. The molecule has 1 N–H and O–H groups in total. The van der Waals surface area contributed by atoms with Crippen LogP contribution in [0.25, 0.3) is 0 Å². The smallest absolute Gasteiger partial charge is 0.374 e. The highest BCUT2D eigenvalue weighted by Gasteiger charge is 2.14. The summed E-state index contributed by atoms with van der Waals surface area (Å²) in [4.78, 5) is 22.0. The van der Waals surface area contributed by atoms with E-state index in [9.17, 15) is 14.7 Å². The zero-order valence-electron chi connectivity index (χ0n) is 7.99. The number of ether oxygens (including phenoxy) is 1. The van der Waals surface area contributed by atoms with E-state index in [-0.39, 0.29) is 17.2 Å². The van der Waals surface area contributed by atoms with Gasteiger partial charge in [0.25, 0.3) is 0 Å². The number of benzene rings is 1. The first-order valence-corrected chi connectivity index (χ1v) is 4.51. The second kappa shape index (κ2) is 4.79. The summed E-state index contributed by atoms with van der Waals surface area (Å²) in [6.07, 6.45) is -0.114. The Morgan fingerprint density at radius 2 is 2.13 bits per heavy atom. The Bertz CT molecular complexity index is 400. The monoisotopic (exact) mass is 228 g/mol. The molecular weight excluding hydrogens is 220 g/mol. The van der Waals surface area contributed by atoms with Crippen molar-refractivity contribution in [1.82, 2.24) is 0 Å². The zero-order chi connectivity index (χ0) is 11.4. The van der Waals surface area contributed by atoms with Gasteiger partial charge in [-0.25, -0.2) is 4.79 Å². The summed E-state index contributed by atoms with van der Waals surface area (Å²) < 4.78 is 4.26. The molecule has 1 aromatic rings. The molecule has 0 aliphatic rings. The Morgan fingerprint density at radius 1 is 1.47 bits per heavy atom. The maximum atomic E-state index is 11.2. The van der Waals surface area contributed by atoms with Gasteiger partial charge in [0, 0.05) is 6.42 Å². The van der Waals surface area contributed by atoms with E-state index in [1.807, 2.05) is 0 Å². The topological polar surface area (TPSA) is 63.6 Å². The SMILES string of the molecule is COC(=O)C(=O)Cc1ccc(Cl)c(O)c1. The van der Waals surface area contributed by atoms with Crippen molar-refractivity contribution in [2.45, 2.75) is 6.42 Å².